The normalized spacial score (nSPS) is 21.9. The number of urea groups is 1. The van der Waals surface area contributed by atoms with E-state index in [9.17, 15) is 9.90 Å². The van der Waals surface area contributed by atoms with E-state index < -0.39 is 5.60 Å². The second kappa shape index (κ2) is 6.63. The minimum Gasteiger partial charge on any atom is -0.384 e. The summed E-state index contributed by atoms with van der Waals surface area (Å²) in [5.41, 5.74) is -0.177. The average Bonchev–Trinajstić information content (AvgIpc) is 3.06. The van der Waals surface area contributed by atoms with Crippen molar-refractivity contribution in [2.24, 2.45) is 0 Å². The van der Waals surface area contributed by atoms with Gasteiger partial charge in [-0.1, -0.05) is 0 Å². The van der Waals surface area contributed by atoms with Crippen LogP contribution in [0.2, 0.25) is 0 Å². The number of aliphatic hydroxyl groups is 1. The Morgan fingerprint density at radius 3 is 3.05 bits per heavy atom. The van der Waals surface area contributed by atoms with Crippen molar-refractivity contribution in [3.05, 3.63) is 22.4 Å². The third-order valence-electron chi connectivity index (χ3n) is 3.25. The van der Waals surface area contributed by atoms with E-state index in [-0.39, 0.29) is 12.6 Å². The third-order valence-corrected chi connectivity index (χ3v) is 5.33. The van der Waals surface area contributed by atoms with E-state index in [0.717, 1.165) is 5.56 Å². The van der Waals surface area contributed by atoms with Crippen LogP contribution in [0.3, 0.4) is 0 Å². The van der Waals surface area contributed by atoms with Crippen molar-refractivity contribution in [2.45, 2.75) is 30.6 Å². The first-order valence-corrected chi connectivity index (χ1v) is 8.45. The van der Waals surface area contributed by atoms with E-state index in [1.807, 2.05) is 28.6 Å². The molecule has 2 heterocycles. The van der Waals surface area contributed by atoms with Crippen LogP contribution in [-0.2, 0) is 5.60 Å². The Morgan fingerprint density at radius 2 is 2.42 bits per heavy atom. The van der Waals surface area contributed by atoms with Crippen molar-refractivity contribution in [3.8, 4) is 0 Å². The van der Waals surface area contributed by atoms with E-state index in [1.165, 1.54) is 29.9 Å². The van der Waals surface area contributed by atoms with Gasteiger partial charge in [0.25, 0.3) is 0 Å². The molecule has 4 nitrogen and oxygen atoms in total. The number of amides is 2. The van der Waals surface area contributed by atoms with Crippen LogP contribution in [-0.4, -0.2) is 35.2 Å². The van der Waals surface area contributed by atoms with Gasteiger partial charge in [0.2, 0.25) is 0 Å². The number of nitrogens with one attached hydrogen (secondary N) is 2. The Kier molecular flexibility index (Phi) is 5.13. The molecule has 106 valence electrons. The number of thiophene rings is 1. The molecule has 0 spiro atoms. The fourth-order valence-electron chi connectivity index (χ4n) is 2.00. The quantitative estimate of drug-likeness (QED) is 0.781. The SMILES string of the molecule is CC(O)(CNC(=O)NCC1CCCS1)c1ccsc1. The molecule has 0 aromatic carbocycles. The molecular formula is C13H20N2O2S2. The highest BCUT2D eigenvalue weighted by molar-refractivity contribution is 8.00. The molecular weight excluding hydrogens is 280 g/mol. The van der Waals surface area contributed by atoms with Gasteiger partial charge in [-0.05, 0) is 47.9 Å². The van der Waals surface area contributed by atoms with E-state index in [1.54, 1.807) is 6.92 Å². The van der Waals surface area contributed by atoms with Crippen molar-refractivity contribution in [1.29, 1.82) is 0 Å². The molecule has 2 rings (SSSR count). The third kappa shape index (κ3) is 4.40. The molecule has 3 N–H and O–H groups in total. The summed E-state index contributed by atoms with van der Waals surface area (Å²) in [4.78, 5) is 11.7. The minimum atomic E-state index is -1.01. The molecule has 1 aliphatic rings. The van der Waals surface area contributed by atoms with Gasteiger partial charge < -0.3 is 15.7 Å². The summed E-state index contributed by atoms with van der Waals surface area (Å²) >= 11 is 3.45. The molecule has 19 heavy (non-hydrogen) atoms. The molecule has 1 fully saturated rings. The summed E-state index contributed by atoms with van der Waals surface area (Å²) in [6, 6.07) is 1.67. The van der Waals surface area contributed by atoms with Gasteiger partial charge in [0, 0.05) is 11.8 Å². The Labute approximate surface area is 122 Å². The first-order chi connectivity index (χ1) is 9.08. The maximum Gasteiger partial charge on any atom is 0.314 e. The van der Waals surface area contributed by atoms with E-state index in [4.69, 9.17) is 0 Å². The predicted molar refractivity (Wildman–Crippen MR) is 80.8 cm³/mol. The summed E-state index contributed by atoms with van der Waals surface area (Å²) in [6.45, 7) is 2.63. The summed E-state index contributed by atoms with van der Waals surface area (Å²) in [5.74, 6) is 1.20. The monoisotopic (exact) mass is 300 g/mol. The average molecular weight is 300 g/mol. The van der Waals surface area contributed by atoms with Gasteiger partial charge in [-0.15, -0.1) is 0 Å². The molecule has 0 bridgehead atoms. The van der Waals surface area contributed by atoms with Crippen molar-refractivity contribution < 1.29 is 9.90 Å². The lowest BCUT2D eigenvalue weighted by molar-refractivity contribution is 0.0598. The Balaban J connectivity index is 1.70. The lowest BCUT2D eigenvalue weighted by Crippen LogP contribution is -2.44. The summed E-state index contributed by atoms with van der Waals surface area (Å²) in [5, 5.41) is 20.2. The smallest absolute Gasteiger partial charge is 0.314 e. The van der Waals surface area contributed by atoms with E-state index in [0.29, 0.717) is 11.8 Å². The summed E-state index contributed by atoms with van der Waals surface area (Å²) < 4.78 is 0. The van der Waals surface area contributed by atoms with Gasteiger partial charge in [0.15, 0.2) is 0 Å². The first-order valence-electron chi connectivity index (χ1n) is 6.46. The molecule has 6 heteroatoms. The van der Waals surface area contributed by atoms with Gasteiger partial charge in [0.05, 0.1) is 6.54 Å². The zero-order valence-corrected chi connectivity index (χ0v) is 12.6. The number of rotatable bonds is 5. The Bertz CT molecular complexity index is 401. The topological polar surface area (TPSA) is 61.4 Å². The molecule has 1 aliphatic heterocycles. The Hall–Kier alpha value is -0.720. The van der Waals surface area contributed by atoms with Gasteiger partial charge >= 0.3 is 6.03 Å². The zero-order valence-electron chi connectivity index (χ0n) is 11.0. The van der Waals surface area contributed by atoms with E-state index in [2.05, 4.69) is 10.6 Å². The number of hydrogen-bond donors (Lipinski definition) is 3. The zero-order chi connectivity index (χ0) is 13.7. The second-order valence-electron chi connectivity index (χ2n) is 4.98. The van der Waals surface area contributed by atoms with E-state index >= 15 is 0 Å². The van der Waals surface area contributed by atoms with Crippen LogP contribution in [0.5, 0.6) is 0 Å². The molecule has 2 atom stereocenters. The minimum absolute atomic E-state index is 0.206. The largest absolute Gasteiger partial charge is 0.384 e. The van der Waals surface area contributed by atoms with Crippen molar-refractivity contribution >= 4 is 29.1 Å². The predicted octanol–water partition coefficient (Wildman–Crippen LogP) is 2.15. The molecule has 0 aliphatic carbocycles. The standard InChI is InChI=1S/C13H20N2O2S2/c1-13(17,10-4-6-18-8-10)9-15-12(16)14-7-11-3-2-5-19-11/h4,6,8,11,17H,2-3,5,7,9H2,1H3,(H2,14,15,16). The Morgan fingerprint density at radius 1 is 1.58 bits per heavy atom. The molecule has 1 saturated heterocycles. The second-order valence-corrected chi connectivity index (χ2v) is 7.17. The highest BCUT2D eigenvalue weighted by Gasteiger charge is 2.24. The number of carbonyl (C=O) groups excluding carboxylic acids is 1. The molecule has 0 radical (unpaired) electrons. The summed E-state index contributed by atoms with van der Waals surface area (Å²) in [6.07, 6.45) is 2.42. The maximum atomic E-state index is 11.7. The molecule has 1 aromatic rings. The molecule has 0 saturated carbocycles. The lowest BCUT2D eigenvalue weighted by Gasteiger charge is -2.23. The van der Waals surface area contributed by atoms with Crippen molar-refractivity contribution in [1.82, 2.24) is 10.6 Å². The van der Waals surface area contributed by atoms with Crippen molar-refractivity contribution in [2.75, 3.05) is 18.8 Å². The highest BCUT2D eigenvalue weighted by atomic mass is 32.2. The molecule has 2 amide bonds. The van der Waals surface area contributed by atoms with Crippen molar-refractivity contribution in [3.63, 3.8) is 0 Å². The van der Waals surface area contributed by atoms with Crippen LogP contribution in [0, 0.1) is 0 Å². The summed E-state index contributed by atoms with van der Waals surface area (Å²) in [7, 11) is 0. The van der Waals surface area contributed by atoms with Crippen LogP contribution in [0.4, 0.5) is 4.79 Å². The lowest BCUT2D eigenvalue weighted by atomic mass is 9.99. The fraction of sp³-hybridized carbons (Fsp3) is 0.615. The van der Waals surface area contributed by atoms with Crippen LogP contribution in [0.15, 0.2) is 16.8 Å². The van der Waals surface area contributed by atoms with Gasteiger partial charge in [-0.3, -0.25) is 0 Å². The van der Waals surface area contributed by atoms with Crippen LogP contribution in [0.25, 0.3) is 0 Å². The fourth-order valence-corrected chi connectivity index (χ4v) is 3.98. The number of carbonyl (C=O) groups is 1. The maximum absolute atomic E-state index is 11.7. The van der Waals surface area contributed by atoms with Gasteiger partial charge in [0.1, 0.15) is 5.60 Å². The van der Waals surface area contributed by atoms with Gasteiger partial charge in [-0.25, -0.2) is 4.79 Å². The number of thioether (sulfide) groups is 1. The number of hydrogen-bond acceptors (Lipinski definition) is 4. The molecule has 2 unspecified atom stereocenters. The van der Waals surface area contributed by atoms with Crippen LogP contribution < -0.4 is 10.6 Å². The van der Waals surface area contributed by atoms with Crippen LogP contribution >= 0.6 is 23.1 Å². The van der Waals surface area contributed by atoms with Crippen LogP contribution in [0.1, 0.15) is 25.3 Å². The van der Waals surface area contributed by atoms with Gasteiger partial charge in [-0.2, -0.15) is 23.1 Å². The first kappa shape index (κ1) is 14.7. The molecule has 1 aromatic heterocycles. The highest BCUT2D eigenvalue weighted by Crippen LogP contribution is 2.25.